The second kappa shape index (κ2) is 6.42. The standard InChI is InChI=1S/C14H17N3O5/c1-9(18)16-6-4-10(5-7-16)22-11-2-3-13(17(20)21)12(8-11)14(15)19/h2-3,8,10H,4-7H2,1H3,(H2,15,19). The number of hydrogen-bond donors (Lipinski definition) is 1. The molecule has 0 unspecified atom stereocenters. The molecular weight excluding hydrogens is 290 g/mol. The Hall–Kier alpha value is -2.64. The summed E-state index contributed by atoms with van der Waals surface area (Å²) in [5.41, 5.74) is 4.64. The predicted molar refractivity (Wildman–Crippen MR) is 77.5 cm³/mol. The fourth-order valence-corrected chi connectivity index (χ4v) is 2.43. The van der Waals surface area contributed by atoms with Crippen LogP contribution in [0.3, 0.4) is 0 Å². The molecule has 2 amide bonds. The molecule has 2 N–H and O–H groups in total. The summed E-state index contributed by atoms with van der Waals surface area (Å²) in [6.07, 6.45) is 1.24. The fraction of sp³-hybridized carbons (Fsp3) is 0.429. The van der Waals surface area contributed by atoms with Gasteiger partial charge in [0.05, 0.1) is 4.92 Å². The first-order valence-corrected chi connectivity index (χ1v) is 6.89. The van der Waals surface area contributed by atoms with E-state index >= 15 is 0 Å². The summed E-state index contributed by atoms with van der Waals surface area (Å²) < 4.78 is 5.74. The number of nitro groups is 1. The third-order valence-corrected chi connectivity index (χ3v) is 3.62. The minimum Gasteiger partial charge on any atom is -0.490 e. The van der Waals surface area contributed by atoms with Crippen molar-refractivity contribution in [3.05, 3.63) is 33.9 Å². The second-order valence-corrected chi connectivity index (χ2v) is 5.12. The molecule has 0 radical (unpaired) electrons. The zero-order chi connectivity index (χ0) is 16.3. The van der Waals surface area contributed by atoms with E-state index in [0.29, 0.717) is 31.7 Å². The number of likely N-dealkylation sites (tertiary alicyclic amines) is 1. The van der Waals surface area contributed by atoms with Gasteiger partial charge in [-0.2, -0.15) is 0 Å². The largest absolute Gasteiger partial charge is 0.490 e. The average Bonchev–Trinajstić information content (AvgIpc) is 2.47. The summed E-state index contributed by atoms with van der Waals surface area (Å²) >= 11 is 0. The third-order valence-electron chi connectivity index (χ3n) is 3.62. The van der Waals surface area contributed by atoms with Gasteiger partial charge in [0.25, 0.3) is 11.6 Å². The molecule has 1 aromatic rings. The van der Waals surface area contributed by atoms with Gasteiger partial charge in [-0.25, -0.2) is 0 Å². The Bertz CT molecular complexity index is 608. The van der Waals surface area contributed by atoms with Crippen LogP contribution in [0.4, 0.5) is 5.69 Å². The Kier molecular flexibility index (Phi) is 4.59. The van der Waals surface area contributed by atoms with E-state index in [0.717, 1.165) is 0 Å². The van der Waals surface area contributed by atoms with E-state index in [2.05, 4.69) is 0 Å². The maximum atomic E-state index is 11.3. The van der Waals surface area contributed by atoms with Gasteiger partial charge in [0.2, 0.25) is 5.91 Å². The molecule has 8 nitrogen and oxygen atoms in total. The van der Waals surface area contributed by atoms with Crippen LogP contribution in [0, 0.1) is 10.1 Å². The number of primary amides is 1. The van der Waals surface area contributed by atoms with Gasteiger partial charge < -0.3 is 15.4 Å². The lowest BCUT2D eigenvalue weighted by Crippen LogP contribution is -2.40. The summed E-state index contributed by atoms with van der Waals surface area (Å²) in [5, 5.41) is 10.8. The van der Waals surface area contributed by atoms with E-state index < -0.39 is 10.8 Å². The summed E-state index contributed by atoms with van der Waals surface area (Å²) in [6.45, 7) is 2.74. The highest BCUT2D eigenvalue weighted by molar-refractivity contribution is 5.97. The Balaban J connectivity index is 2.08. The summed E-state index contributed by atoms with van der Waals surface area (Å²) in [6, 6.07) is 3.94. The number of nitrogens with two attached hydrogens (primary N) is 1. The number of piperidine rings is 1. The summed E-state index contributed by atoms with van der Waals surface area (Å²) in [5.74, 6) is -0.478. The number of carbonyl (C=O) groups excluding carboxylic acids is 2. The number of hydrogen-bond acceptors (Lipinski definition) is 5. The lowest BCUT2D eigenvalue weighted by Gasteiger charge is -2.31. The topological polar surface area (TPSA) is 116 Å². The highest BCUT2D eigenvalue weighted by atomic mass is 16.6. The first-order chi connectivity index (χ1) is 10.4. The van der Waals surface area contributed by atoms with Crippen molar-refractivity contribution in [1.29, 1.82) is 0 Å². The monoisotopic (exact) mass is 307 g/mol. The second-order valence-electron chi connectivity index (χ2n) is 5.12. The lowest BCUT2D eigenvalue weighted by molar-refractivity contribution is -0.385. The molecule has 8 heteroatoms. The molecule has 0 aromatic heterocycles. The normalized spacial score (nSPS) is 15.4. The molecule has 0 spiro atoms. The maximum Gasteiger partial charge on any atom is 0.282 e. The molecule has 0 bridgehead atoms. The van der Waals surface area contributed by atoms with E-state index in [1.165, 1.54) is 25.1 Å². The molecule has 0 saturated carbocycles. The zero-order valence-electron chi connectivity index (χ0n) is 12.2. The molecule has 1 aliphatic heterocycles. The van der Waals surface area contributed by atoms with Gasteiger partial charge in [0.15, 0.2) is 0 Å². The number of ether oxygens (including phenoxy) is 1. The molecule has 1 heterocycles. The van der Waals surface area contributed by atoms with E-state index in [4.69, 9.17) is 10.5 Å². The van der Waals surface area contributed by atoms with Crippen molar-refractivity contribution in [2.45, 2.75) is 25.9 Å². The molecule has 1 aliphatic rings. The SMILES string of the molecule is CC(=O)N1CCC(Oc2ccc([N+](=O)[O-])c(C(N)=O)c2)CC1. The van der Waals surface area contributed by atoms with Crippen LogP contribution >= 0.6 is 0 Å². The van der Waals surface area contributed by atoms with E-state index in [1.54, 1.807) is 4.90 Å². The van der Waals surface area contributed by atoms with Crippen molar-refractivity contribution in [2.24, 2.45) is 5.73 Å². The quantitative estimate of drug-likeness (QED) is 0.660. The lowest BCUT2D eigenvalue weighted by atomic mass is 10.1. The van der Waals surface area contributed by atoms with Gasteiger partial charge in [0, 0.05) is 38.9 Å². The maximum absolute atomic E-state index is 11.3. The number of nitrogens with zero attached hydrogens (tertiary/aromatic N) is 2. The van der Waals surface area contributed by atoms with Crippen LogP contribution < -0.4 is 10.5 Å². The molecule has 22 heavy (non-hydrogen) atoms. The number of rotatable bonds is 4. The minimum atomic E-state index is -0.872. The molecule has 0 atom stereocenters. The van der Waals surface area contributed by atoms with E-state index in [1.807, 2.05) is 0 Å². The number of nitro benzene ring substituents is 1. The van der Waals surface area contributed by atoms with E-state index in [9.17, 15) is 19.7 Å². The van der Waals surface area contributed by atoms with Crippen LogP contribution in [0.2, 0.25) is 0 Å². The van der Waals surface area contributed by atoms with Gasteiger partial charge in [0.1, 0.15) is 17.4 Å². The number of carbonyl (C=O) groups is 2. The smallest absolute Gasteiger partial charge is 0.282 e. The van der Waals surface area contributed by atoms with Crippen LogP contribution in [-0.4, -0.2) is 40.8 Å². The van der Waals surface area contributed by atoms with Crippen molar-refractivity contribution in [1.82, 2.24) is 4.90 Å². The van der Waals surface area contributed by atoms with Crippen molar-refractivity contribution in [3.8, 4) is 5.75 Å². The van der Waals surface area contributed by atoms with Crippen LogP contribution in [0.1, 0.15) is 30.1 Å². The van der Waals surface area contributed by atoms with Crippen molar-refractivity contribution >= 4 is 17.5 Å². The molecule has 118 valence electrons. The number of amides is 2. The fourth-order valence-electron chi connectivity index (χ4n) is 2.43. The first kappa shape index (κ1) is 15.7. The van der Waals surface area contributed by atoms with Crippen LogP contribution in [-0.2, 0) is 4.79 Å². The molecule has 0 aliphatic carbocycles. The molecule has 1 fully saturated rings. The Labute approximate surface area is 127 Å². The summed E-state index contributed by atoms with van der Waals surface area (Å²) in [7, 11) is 0. The molecule has 2 rings (SSSR count). The van der Waals surface area contributed by atoms with Crippen LogP contribution in [0.5, 0.6) is 5.75 Å². The first-order valence-electron chi connectivity index (χ1n) is 6.89. The van der Waals surface area contributed by atoms with Gasteiger partial charge in [-0.05, 0) is 12.1 Å². The molecule has 1 saturated heterocycles. The van der Waals surface area contributed by atoms with Crippen LogP contribution in [0.25, 0.3) is 0 Å². The van der Waals surface area contributed by atoms with Gasteiger partial charge >= 0.3 is 0 Å². The molecular formula is C14H17N3O5. The number of benzene rings is 1. The van der Waals surface area contributed by atoms with Gasteiger partial charge in [-0.15, -0.1) is 0 Å². The Morgan fingerprint density at radius 2 is 2.00 bits per heavy atom. The Morgan fingerprint density at radius 1 is 1.36 bits per heavy atom. The highest BCUT2D eigenvalue weighted by Gasteiger charge is 2.24. The van der Waals surface area contributed by atoms with Crippen molar-refractivity contribution in [2.75, 3.05) is 13.1 Å². The van der Waals surface area contributed by atoms with Crippen molar-refractivity contribution < 1.29 is 19.2 Å². The highest BCUT2D eigenvalue weighted by Crippen LogP contribution is 2.26. The van der Waals surface area contributed by atoms with Crippen molar-refractivity contribution in [3.63, 3.8) is 0 Å². The summed E-state index contributed by atoms with van der Waals surface area (Å²) in [4.78, 5) is 34.5. The predicted octanol–water partition coefficient (Wildman–Crippen LogP) is 1.08. The zero-order valence-corrected chi connectivity index (χ0v) is 12.2. The Morgan fingerprint density at radius 3 is 2.50 bits per heavy atom. The third kappa shape index (κ3) is 3.51. The molecule has 1 aromatic carbocycles. The van der Waals surface area contributed by atoms with Crippen LogP contribution in [0.15, 0.2) is 18.2 Å². The minimum absolute atomic E-state index is 0.0322. The average molecular weight is 307 g/mol. The van der Waals surface area contributed by atoms with Gasteiger partial charge in [-0.3, -0.25) is 19.7 Å². The van der Waals surface area contributed by atoms with E-state index in [-0.39, 0.29) is 23.3 Å². The van der Waals surface area contributed by atoms with Gasteiger partial charge in [-0.1, -0.05) is 0 Å².